The van der Waals surface area contributed by atoms with E-state index in [2.05, 4.69) is 5.32 Å². The molecule has 2 rings (SSSR count). The van der Waals surface area contributed by atoms with Gasteiger partial charge in [0.1, 0.15) is 18.4 Å². The number of benzene rings is 2. The molecule has 0 radical (unpaired) electrons. The molecule has 0 heterocycles. The van der Waals surface area contributed by atoms with Crippen molar-refractivity contribution >= 4 is 15.9 Å². The van der Waals surface area contributed by atoms with Gasteiger partial charge in [-0.05, 0) is 31.0 Å². The van der Waals surface area contributed by atoms with E-state index in [0.29, 0.717) is 5.56 Å². The van der Waals surface area contributed by atoms with Crippen molar-refractivity contribution in [1.29, 1.82) is 0 Å². The number of nitrogens with one attached hydrogen (secondary N) is 1. The summed E-state index contributed by atoms with van der Waals surface area (Å²) in [4.78, 5) is 12.8. The molecule has 0 aliphatic carbocycles. The Morgan fingerprint density at radius 1 is 1.11 bits per heavy atom. The zero-order valence-corrected chi connectivity index (χ0v) is 16.9. The number of sulfonamides is 1. The van der Waals surface area contributed by atoms with Crippen LogP contribution in [0.2, 0.25) is 0 Å². The molecule has 6 nitrogen and oxygen atoms in total. The lowest BCUT2D eigenvalue weighted by molar-refractivity contribution is -0.125. The molecule has 1 amide bonds. The fraction of sp³-hybridized carbons (Fsp3) is 0.350. The van der Waals surface area contributed by atoms with E-state index < -0.39 is 22.0 Å². The van der Waals surface area contributed by atoms with Crippen LogP contribution in [0.5, 0.6) is 5.75 Å². The first kappa shape index (κ1) is 20.9. The predicted octanol–water partition coefficient (Wildman–Crippen LogP) is 2.51. The number of aryl methyl sites for hydroxylation is 1. The second kappa shape index (κ2) is 9.01. The van der Waals surface area contributed by atoms with Gasteiger partial charge >= 0.3 is 0 Å². The van der Waals surface area contributed by atoms with Crippen LogP contribution in [0.3, 0.4) is 0 Å². The lowest BCUT2D eigenvalue weighted by Crippen LogP contribution is -2.45. The first-order valence-corrected chi connectivity index (χ1v) is 10.5. The van der Waals surface area contributed by atoms with Gasteiger partial charge in [0, 0.05) is 7.05 Å². The Morgan fingerprint density at radius 2 is 1.70 bits per heavy atom. The Morgan fingerprint density at radius 3 is 2.30 bits per heavy atom. The molecule has 0 bridgehead atoms. The predicted molar refractivity (Wildman–Crippen MR) is 106 cm³/mol. The number of para-hydroxylation sites is 1. The molecule has 0 aliphatic heterocycles. The lowest BCUT2D eigenvalue weighted by Gasteiger charge is -2.27. The molecular weight excluding hydrogens is 364 g/mol. The summed E-state index contributed by atoms with van der Waals surface area (Å²) >= 11 is 0. The fourth-order valence-electron chi connectivity index (χ4n) is 2.65. The summed E-state index contributed by atoms with van der Waals surface area (Å²) in [7, 11) is -2.15. The molecule has 146 valence electrons. The highest BCUT2D eigenvalue weighted by atomic mass is 32.2. The van der Waals surface area contributed by atoms with E-state index in [1.165, 1.54) is 7.05 Å². The third-order valence-corrected chi connectivity index (χ3v) is 5.48. The van der Waals surface area contributed by atoms with Crippen molar-refractivity contribution in [1.82, 2.24) is 9.62 Å². The maximum atomic E-state index is 12.8. The van der Waals surface area contributed by atoms with Gasteiger partial charge in [-0.25, -0.2) is 8.42 Å². The van der Waals surface area contributed by atoms with Gasteiger partial charge in [0.2, 0.25) is 15.9 Å². The third-order valence-electron chi connectivity index (χ3n) is 4.22. The zero-order valence-electron chi connectivity index (χ0n) is 16.0. The number of carbonyl (C=O) groups excluding carboxylic acids is 1. The van der Waals surface area contributed by atoms with Crippen molar-refractivity contribution in [2.75, 3.05) is 19.9 Å². The smallest absolute Gasteiger partial charge is 0.243 e. The van der Waals surface area contributed by atoms with Crippen LogP contribution >= 0.6 is 0 Å². The van der Waals surface area contributed by atoms with Gasteiger partial charge in [0.15, 0.2) is 0 Å². The number of hydrogen-bond acceptors (Lipinski definition) is 4. The second-order valence-corrected chi connectivity index (χ2v) is 8.62. The molecule has 1 N–H and O–H groups in total. The highest BCUT2D eigenvalue weighted by Gasteiger charge is 2.31. The maximum Gasteiger partial charge on any atom is 0.243 e. The van der Waals surface area contributed by atoms with Crippen molar-refractivity contribution < 1.29 is 17.9 Å². The van der Waals surface area contributed by atoms with E-state index in [4.69, 9.17) is 4.74 Å². The minimum atomic E-state index is -3.55. The van der Waals surface area contributed by atoms with Crippen LogP contribution in [0.1, 0.15) is 24.1 Å². The summed E-state index contributed by atoms with van der Waals surface area (Å²) in [6.07, 6.45) is 1.08. The summed E-state index contributed by atoms with van der Waals surface area (Å²) in [6, 6.07) is 15.2. The summed E-state index contributed by atoms with van der Waals surface area (Å²) in [5, 5.41) is 2.85. The van der Waals surface area contributed by atoms with Gasteiger partial charge < -0.3 is 10.1 Å². The van der Waals surface area contributed by atoms with Crippen molar-refractivity contribution in [3.8, 4) is 5.75 Å². The van der Waals surface area contributed by atoms with E-state index in [9.17, 15) is 13.2 Å². The minimum Gasteiger partial charge on any atom is -0.491 e. The summed E-state index contributed by atoms with van der Waals surface area (Å²) < 4.78 is 30.9. The Hall–Kier alpha value is -2.38. The molecule has 2 aromatic carbocycles. The number of nitrogens with zero attached hydrogens (tertiary/aromatic N) is 1. The van der Waals surface area contributed by atoms with E-state index in [-0.39, 0.29) is 12.6 Å². The SMILES string of the molecule is Cc1ccccc1OCC(C)NC(=O)C(c1ccccc1)N(C)S(C)(=O)=O. The van der Waals surface area contributed by atoms with Crippen LogP contribution in [-0.4, -0.2) is 44.6 Å². The van der Waals surface area contributed by atoms with Gasteiger partial charge in [-0.15, -0.1) is 0 Å². The Balaban J connectivity index is 2.10. The van der Waals surface area contributed by atoms with E-state index >= 15 is 0 Å². The minimum absolute atomic E-state index is 0.278. The van der Waals surface area contributed by atoms with Crippen molar-refractivity contribution in [3.63, 3.8) is 0 Å². The van der Waals surface area contributed by atoms with Gasteiger partial charge in [0.05, 0.1) is 12.3 Å². The van der Waals surface area contributed by atoms with Crippen LogP contribution in [0, 0.1) is 6.92 Å². The van der Waals surface area contributed by atoms with Crippen LogP contribution in [0.15, 0.2) is 54.6 Å². The molecule has 7 heteroatoms. The molecule has 2 unspecified atom stereocenters. The fourth-order valence-corrected chi connectivity index (χ4v) is 3.25. The highest BCUT2D eigenvalue weighted by molar-refractivity contribution is 7.88. The average molecular weight is 391 g/mol. The van der Waals surface area contributed by atoms with Gasteiger partial charge in [-0.2, -0.15) is 4.31 Å². The van der Waals surface area contributed by atoms with Crippen LogP contribution in [0.25, 0.3) is 0 Å². The molecule has 0 aliphatic rings. The second-order valence-electron chi connectivity index (χ2n) is 6.58. The van der Waals surface area contributed by atoms with E-state index in [1.54, 1.807) is 24.3 Å². The first-order chi connectivity index (χ1) is 12.7. The number of ether oxygens (including phenoxy) is 1. The zero-order chi connectivity index (χ0) is 20.0. The normalized spacial score (nSPS) is 13.8. The van der Waals surface area contributed by atoms with Crippen LogP contribution < -0.4 is 10.1 Å². The van der Waals surface area contributed by atoms with Crippen LogP contribution in [-0.2, 0) is 14.8 Å². The topological polar surface area (TPSA) is 75.7 Å². The van der Waals surface area contributed by atoms with E-state index in [1.807, 2.05) is 44.2 Å². The monoisotopic (exact) mass is 390 g/mol. The molecular formula is C20H26N2O4S. The molecule has 2 atom stereocenters. The van der Waals surface area contributed by atoms with Crippen molar-refractivity contribution in [2.24, 2.45) is 0 Å². The Labute approximate surface area is 161 Å². The molecule has 0 saturated carbocycles. The van der Waals surface area contributed by atoms with Gasteiger partial charge in [-0.1, -0.05) is 48.5 Å². The number of rotatable bonds is 8. The Bertz CT molecular complexity index is 869. The maximum absolute atomic E-state index is 12.8. The number of amides is 1. The molecule has 0 spiro atoms. The molecule has 2 aromatic rings. The number of likely N-dealkylation sites (N-methyl/N-ethyl adjacent to an activating group) is 1. The largest absolute Gasteiger partial charge is 0.491 e. The molecule has 0 aromatic heterocycles. The van der Waals surface area contributed by atoms with Crippen molar-refractivity contribution in [2.45, 2.75) is 25.9 Å². The molecule has 0 fully saturated rings. The van der Waals surface area contributed by atoms with Gasteiger partial charge in [0.25, 0.3) is 0 Å². The Kier molecular flexibility index (Phi) is 6.98. The standard InChI is InChI=1S/C20H26N2O4S/c1-15-10-8-9-13-18(15)26-14-16(2)21-20(23)19(22(3)27(4,24)25)17-11-6-5-7-12-17/h5-13,16,19H,14H2,1-4H3,(H,21,23). The van der Waals surface area contributed by atoms with E-state index in [0.717, 1.165) is 21.9 Å². The highest BCUT2D eigenvalue weighted by Crippen LogP contribution is 2.22. The van der Waals surface area contributed by atoms with Gasteiger partial charge in [-0.3, -0.25) is 4.79 Å². The lowest BCUT2D eigenvalue weighted by atomic mass is 10.1. The summed E-state index contributed by atoms with van der Waals surface area (Å²) in [5.41, 5.74) is 1.62. The van der Waals surface area contributed by atoms with Crippen molar-refractivity contribution in [3.05, 3.63) is 65.7 Å². The molecule has 0 saturated heterocycles. The quantitative estimate of drug-likeness (QED) is 0.751. The summed E-state index contributed by atoms with van der Waals surface area (Å²) in [5.74, 6) is 0.362. The first-order valence-electron chi connectivity index (χ1n) is 8.67. The molecule has 27 heavy (non-hydrogen) atoms. The number of hydrogen-bond donors (Lipinski definition) is 1. The van der Waals surface area contributed by atoms with Crippen LogP contribution in [0.4, 0.5) is 0 Å². The average Bonchev–Trinajstić information content (AvgIpc) is 2.61. The number of carbonyl (C=O) groups is 1. The summed E-state index contributed by atoms with van der Waals surface area (Å²) in [6.45, 7) is 4.05. The third kappa shape index (κ3) is 5.80.